The largest absolute Gasteiger partial charge is 0.491 e. The van der Waals surface area contributed by atoms with Gasteiger partial charge in [0.05, 0.1) is 6.10 Å². The summed E-state index contributed by atoms with van der Waals surface area (Å²) in [7, 11) is 0. The monoisotopic (exact) mass is 383 g/mol. The van der Waals surface area contributed by atoms with Crippen LogP contribution in [0.5, 0.6) is 5.75 Å². The molecule has 0 spiro atoms. The quantitative estimate of drug-likeness (QED) is 0.710. The lowest BCUT2D eigenvalue weighted by Gasteiger charge is -2.27. The van der Waals surface area contributed by atoms with Crippen LogP contribution in [0.15, 0.2) is 42.5 Å². The van der Waals surface area contributed by atoms with Gasteiger partial charge in [-0.05, 0) is 62.4 Å². The molecule has 1 fully saturated rings. The number of aliphatic hydroxyl groups excluding tert-OH is 1. The Morgan fingerprint density at radius 3 is 2.57 bits per heavy atom. The van der Waals surface area contributed by atoms with E-state index in [4.69, 9.17) is 9.47 Å². The molecule has 2 aromatic carbocycles. The van der Waals surface area contributed by atoms with Crippen molar-refractivity contribution in [2.24, 2.45) is 0 Å². The topological polar surface area (TPSA) is 41.9 Å². The maximum absolute atomic E-state index is 10.6. The fraction of sp³-hybridized carbons (Fsp3) is 0.500. The summed E-state index contributed by atoms with van der Waals surface area (Å²) in [6.45, 7) is 9.61. The Labute approximate surface area is 169 Å². The number of rotatable bonds is 9. The Kier molecular flexibility index (Phi) is 7.49. The second-order valence-corrected chi connectivity index (χ2v) is 8.03. The Hall–Kier alpha value is -1.88. The maximum Gasteiger partial charge on any atom is 0.119 e. The van der Waals surface area contributed by atoms with E-state index in [9.17, 15) is 5.11 Å². The van der Waals surface area contributed by atoms with E-state index in [1.54, 1.807) is 0 Å². The second-order valence-electron chi connectivity index (χ2n) is 8.03. The Bertz CT molecular complexity index is 738. The number of aryl methyl sites for hydroxylation is 3. The third-order valence-electron chi connectivity index (χ3n) is 5.40. The molecule has 0 aromatic heterocycles. The lowest BCUT2D eigenvalue weighted by atomic mass is 10.1. The molecule has 0 radical (unpaired) electrons. The molecule has 2 aromatic rings. The van der Waals surface area contributed by atoms with Crippen molar-refractivity contribution in [3.05, 3.63) is 64.7 Å². The van der Waals surface area contributed by atoms with Gasteiger partial charge in [-0.25, -0.2) is 0 Å². The van der Waals surface area contributed by atoms with E-state index in [1.165, 1.54) is 22.3 Å². The van der Waals surface area contributed by atoms with Crippen LogP contribution in [0.1, 0.15) is 35.1 Å². The first-order valence-corrected chi connectivity index (χ1v) is 10.3. The summed E-state index contributed by atoms with van der Waals surface area (Å²) in [5.41, 5.74) is 4.96. The molecule has 0 bridgehead atoms. The lowest BCUT2D eigenvalue weighted by molar-refractivity contribution is 0.0313. The van der Waals surface area contributed by atoms with Crippen LogP contribution in [0.25, 0.3) is 0 Å². The van der Waals surface area contributed by atoms with Gasteiger partial charge in [0.2, 0.25) is 0 Å². The van der Waals surface area contributed by atoms with Gasteiger partial charge in [0.15, 0.2) is 0 Å². The molecule has 4 nitrogen and oxygen atoms in total. The summed E-state index contributed by atoms with van der Waals surface area (Å²) in [6.07, 6.45) is 1.94. The number of hydrogen-bond donors (Lipinski definition) is 1. The Morgan fingerprint density at radius 2 is 1.89 bits per heavy atom. The number of nitrogens with zero attached hydrogens (tertiary/aromatic N) is 1. The number of benzene rings is 2. The van der Waals surface area contributed by atoms with Crippen molar-refractivity contribution in [3.63, 3.8) is 0 Å². The predicted octanol–water partition coefficient (Wildman–Crippen LogP) is 4.03. The minimum absolute atomic E-state index is 0.262. The molecule has 4 heteroatoms. The molecule has 0 aliphatic carbocycles. The van der Waals surface area contributed by atoms with Crippen molar-refractivity contribution >= 4 is 0 Å². The molecule has 1 heterocycles. The van der Waals surface area contributed by atoms with E-state index >= 15 is 0 Å². The molecule has 1 aliphatic heterocycles. The molecule has 2 atom stereocenters. The molecule has 0 saturated carbocycles. The number of hydrogen-bond acceptors (Lipinski definition) is 4. The van der Waals surface area contributed by atoms with Gasteiger partial charge < -0.3 is 14.6 Å². The molecule has 28 heavy (non-hydrogen) atoms. The third-order valence-corrected chi connectivity index (χ3v) is 5.40. The summed E-state index contributed by atoms with van der Waals surface area (Å²) in [5, 5.41) is 10.6. The molecule has 2 unspecified atom stereocenters. The lowest BCUT2D eigenvalue weighted by Crippen LogP contribution is -2.39. The zero-order chi connectivity index (χ0) is 19.9. The fourth-order valence-electron chi connectivity index (χ4n) is 3.58. The molecule has 1 saturated heterocycles. The van der Waals surface area contributed by atoms with Crippen LogP contribution < -0.4 is 4.74 Å². The Balaban J connectivity index is 1.56. The summed E-state index contributed by atoms with van der Waals surface area (Å²) in [5.74, 6) is 0.811. The zero-order valence-electron chi connectivity index (χ0n) is 17.4. The average Bonchev–Trinajstić information content (AvgIpc) is 3.17. The van der Waals surface area contributed by atoms with Crippen molar-refractivity contribution in [3.8, 4) is 5.75 Å². The van der Waals surface area contributed by atoms with Crippen molar-refractivity contribution in [1.82, 2.24) is 4.90 Å². The SMILES string of the molecule is Cc1ccc(CN(CC(O)COc2ccc(C)c(C)c2)CC2CCCO2)cc1. The standard InChI is InChI=1S/C24H33NO3/c1-18-6-9-21(10-7-18)14-25(16-24-5-4-12-27-24)15-22(26)17-28-23-11-8-19(2)20(3)13-23/h6-11,13,22,24,26H,4-5,12,14-17H2,1-3H3. The van der Waals surface area contributed by atoms with Crippen molar-refractivity contribution in [1.29, 1.82) is 0 Å². The first-order chi connectivity index (χ1) is 13.5. The van der Waals surface area contributed by atoms with E-state index in [0.717, 1.165) is 38.3 Å². The van der Waals surface area contributed by atoms with Gasteiger partial charge in [-0.3, -0.25) is 4.90 Å². The molecular weight excluding hydrogens is 350 g/mol. The van der Waals surface area contributed by atoms with Crippen LogP contribution in [0.4, 0.5) is 0 Å². The van der Waals surface area contributed by atoms with Gasteiger partial charge >= 0.3 is 0 Å². The van der Waals surface area contributed by atoms with Crippen LogP contribution in [-0.2, 0) is 11.3 Å². The van der Waals surface area contributed by atoms with E-state index in [-0.39, 0.29) is 6.10 Å². The van der Waals surface area contributed by atoms with Gasteiger partial charge in [-0.1, -0.05) is 35.9 Å². The van der Waals surface area contributed by atoms with Crippen molar-refractivity contribution in [2.45, 2.75) is 52.4 Å². The van der Waals surface area contributed by atoms with Crippen molar-refractivity contribution in [2.75, 3.05) is 26.3 Å². The summed E-state index contributed by atoms with van der Waals surface area (Å²) in [6, 6.07) is 14.6. The van der Waals surface area contributed by atoms with Gasteiger partial charge in [-0.15, -0.1) is 0 Å². The van der Waals surface area contributed by atoms with Gasteiger partial charge in [0.1, 0.15) is 18.5 Å². The molecular formula is C24H33NO3. The third kappa shape index (κ3) is 6.33. The fourth-order valence-corrected chi connectivity index (χ4v) is 3.58. The first kappa shape index (κ1) is 20.8. The summed E-state index contributed by atoms with van der Waals surface area (Å²) < 4.78 is 11.7. The van der Waals surface area contributed by atoms with E-state index < -0.39 is 6.10 Å². The normalized spacial score (nSPS) is 17.8. The maximum atomic E-state index is 10.6. The number of ether oxygens (including phenoxy) is 2. The highest BCUT2D eigenvalue weighted by molar-refractivity contribution is 5.33. The van der Waals surface area contributed by atoms with Crippen molar-refractivity contribution < 1.29 is 14.6 Å². The van der Waals surface area contributed by atoms with Crippen LogP contribution in [0.3, 0.4) is 0 Å². The minimum atomic E-state index is -0.548. The van der Waals surface area contributed by atoms with Gasteiger partial charge in [0, 0.05) is 26.2 Å². The highest BCUT2D eigenvalue weighted by Gasteiger charge is 2.21. The van der Waals surface area contributed by atoms with Crippen LogP contribution in [-0.4, -0.2) is 48.5 Å². The predicted molar refractivity (Wildman–Crippen MR) is 113 cm³/mol. The van der Waals surface area contributed by atoms with E-state index in [0.29, 0.717) is 13.2 Å². The van der Waals surface area contributed by atoms with Gasteiger partial charge in [0.25, 0.3) is 0 Å². The van der Waals surface area contributed by atoms with Crippen LogP contribution >= 0.6 is 0 Å². The molecule has 1 N–H and O–H groups in total. The summed E-state index contributed by atoms with van der Waals surface area (Å²) in [4.78, 5) is 2.29. The molecule has 3 rings (SSSR count). The zero-order valence-corrected chi connectivity index (χ0v) is 17.4. The Morgan fingerprint density at radius 1 is 1.11 bits per heavy atom. The highest BCUT2D eigenvalue weighted by Crippen LogP contribution is 2.18. The van der Waals surface area contributed by atoms with Gasteiger partial charge in [-0.2, -0.15) is 0 Å². The molecule has 152 valence electrons. The summed E-state index contributed by atoms with van der Waals surface area (Å²) >= 11 is 0. The second kappa shape index (κ2) is 10.1. The van der Waals surface area contributed by atoms with E-state index in [1.807, 2.05) is 12.1 Å². The molecule has 0 amide bonds. The van der Waals surface area contributed by atoms with Crippen LogP contribution in [0, 0.1) is 20.8 Å². The minimum Gasteiger partial charge on any atom is -0.491 e. The first-order valence-electron chi connectivity index (χ1n) is 10.3. The van der Waals surface area contributed by atoms with Crippen LogP contribution in [0.2, 0.25) is 0 Å². The van der Waals surface area contributed by atoms with E-state index in [2.05, 4.69) is 56.0 Å². The number of aliphatic hydroxyl groups is 1. The smallest absolute Gasteiger partial charge is 0.119 e. The molecule has 1 aliphatic rings. The highest BCUT2D eigenvalue weighted by atomic mass is 16.5. The average molecular weight is 384 g/mol.